The molecule has 0 radical (unpaired) electrons. The summed E-state index contributed by atoms with van der Waals surface area (Å²) in [5, 5.41) is 23.2. The number of rotatable bonds is 9. The fraction of sp³-hybridized carbons (Fsp3) is 0.385. The van der Waals surface area contributed by atoms with Gasteiger partial charge < -0.3 is 24.7 Å². The van der Waals surface area contributed by atoms with E-state index in [1.165, 1.54) is 21.9 Å². The number of hydrogen-bond acceptors (Lipinski definition) is 5. The van der Waals surface area contributed by atoms with Gasteiger partial charge >= 0.3 is 0 Å². The largest absolute Gasteiger partial charge is 0.872 e. The van der Waals surface area contributed by atoms with Crippen LogP contribution in [-0.2, 0) is 9.59 Å². The Morgan fingerprint density at radius 3 is 2.21 bits per heavy atom. The highest BCUT2D eigenvalue weighted by Crippen LogP contribution is 2.38. The first-order valence-corrected chi connectivity index (χ1v) is 11.4. The van der Waals surface area contributed by atoms with Crippen LogP contribution < -0.4 is 14.7 Å². The molecule has 1 unspecified atom stereocenters. The number of ketones is 1. The lowest BCUT2D eigenvalue weighted by Gasteiger charge is -2.28. The number of nitrogens with zero attached hydrogens (tertiary/aromatic N) is 1. The minimum atomic E-state index is -0.792. The molecule has 1 fully saturated rings. The maximum Gasteiger partial charge on any atom is 0.295 e. The molecule has 0 saturated carbocycles. The second-order valence-electron chi connectivity index (χ2n) is 8.46. The molecule has 3 rings (SSSR count). The first-order valence-electron chi connectivity index (χ1n) is 11.4. The second-order valence-corrected chi connectivity index (χ2v) is 8.46. The smallest absolute Gasteiger partial charge is 0.295 e. The Morgan fingerprint density at radius 2 is 1.67 bits per heavy atom. The molecular formula is C26H32N2O5. The molecule has 176 valence electrons. The minimum absolute atomic E-state index is 0.00432. The van der Waals surface area contributed by atoms with Gasteiger partial charge in [0.05, 0.1) is 38.3 Å². The molecule has 7 nitrogen and oxygen atoms in total. The number of amides is 1. The van der Waals surface area contributed by atoms with Crippen LogP contribution in [0.1, 0.15) is 44.9 Å². The van der Waals surface area contributed by atoms with E-state index in [1.54, 1.807) is 36.4 Å². The number of aromatic hydroxyl groups is 1. The van der Waals surface area contributed by atoms with E-state index in [0.717, 1.165) is 13.1 Å². The molecule has 0 aromatic heterocycles. The summed E-state index contributed by atoms with van der Waals surface area (Å²) in [6, 6.07) is 12.1. The summed E-state index contributed by atoms with van der Waals surface area (Å²) >= 11 is 0. The van der Waals surface area contributed by atoms with E-state index < -0.39 is 23.5 Å². The molecule has 1 aliphatic heterocycles. The first-order chi connectivity index (χ1) is 15.8. The first kappa shape index (κ1) is 24.3. The summed E-state index contributed by atoms with van der Waals surface area (Å²) in [7, 11) is 0. The van der Waals surface area contributed by atoms with Crippen LogP contribution in [0, 0.1) is 0 Å². The third kappa shape index (κ3) is 5.37. The van der Waals surface area contributed by atoms with Crippen molar-refractivity contribution in [3.63, 3.8) is 0 Å². The number of carbonyl (C=O) groups excluding carboxylic acids is 2. The Labute approximate surface area is 194 Å². The minimum Gasteiger partial charge on any atom is -0.872 e. The number of phenolic OH excluding ortho intramolecular Hbond substituents is 1. The Balaban J connectivity index is 2.04. The predicted molar refractivity (Wildman–Crippen MR) is 124 cm³/mol. The van der Waals surface area contributed by atoms with Crippen molar-refractivity contribution in [3.8, 4) is 11.5 Å². The van der Waals surface area contributed by atoms with Crippen LogP contribution in [0.25, 0.3) is 5.76 Å². The Kier molecular flexibility index (Phi) is 7.76. The van der Waals surface area contributed by atoms with Crippen LogP contribution in [-0.4, -0.2) is 54.0 Å². The SMILES string of the molecule is CC[NH+](CC)CCN1C(=O)C(=O)C(=C([O-])c2ccc(OC(C)C)cc2)C1c1ccc(O)cc1. The van der Waals surface area contributed by atoms with Crippen molar-refractivity contribution in [2.24, 2.45) is 0 Å². The number of ether oxygens (including phenoxy) is 1. The molecule has 2 N–H and O–H groups in total. The van der Waals surface area contributed by atoms with Gasteiger partial charge in [-0.1, -0.05) is 30.0 Å². The van der Waals surface area contributed by atoms with Gasteiger partial charge in [-0.15, -0.1) is 0 Å². The summed E-state index contributed by atoms with van der Waals surface area (Å²) in [4.78, 5) is 28.8. The highest BCUT2D eigenvalue weighted by atomic mass is 16.5. The van der Waals surface area contributed by atoms with Crippen LogP contribution in [0.5, 0.6) is 11.5 Å². The molecule has 1 heterocycles. The lowest BCUT2D eigenvalue weighted by Crippen LogP contribution is -3.12. The third-order valence-corrected chi connectivity index (χ3v) is 5.93. The highest BCUT2D eigenvalue weighted by Gasteiger charge is 2.44. The van der Waals surface area contributed by atoms with Crippen molar-refractivity contribution in [3.05, 3.63) is 65.2 Å². The van der Waals surface area contributed by atoms with Crippen LogP contribution in [0.2, 0.25) is 0 Å². The Bertz CT molecular complexity index is 1010. The number of benzene rings is 2. The number of phenols is 1. The maximum atomic E-state index is 13.5. The monoisotopic (exact) mass is 452 g/mol. The van der Waals surface area contributed by atoms with Crippen LogP contribution in [0.3, 0.4) is 0 Å². The fourth-order valence-corrected chi connectivity index (χ4v) is 4.10. The number of Topliss-reactive ketones (excluding diaryl/α,β-unsaturated/α-hetero) is 1. The van der Waals surface area contributed by atoms with E-state index >= 15 is 0 Å². The maximum absolute atomic E-state index is 13.5. The van der Waals surface area contributed by atoms with Gasteiger partial charge in [0.25, 0.3) is 5.91 Å². The number of likely N-dealkylation sites (tertiary alicyclic amines) is 1. The Hall–Kier alpha value is -3.32. The van der Waals surface area contributed by atoms with E-state index in [4.69, 9.17) is 4.74 Å². The van der Waals surface area contributed by atoms with Crippen molar-refractivity contribution in [1.29, 1.82) is 0 Å². The fourth-order valence-electron chi connectivity index (χ4n) is 4.10. The average Bonchev–Trinajstić information content (AvgIpc) is 3.05. The number of hydrogen-bond donors (Lipinski definition) is 2. The molecule has 1 atom stereocenters. The van der Waals surface area contributed by atoms with Crippen LogP contribution >= 0.6 is 0 Å². The Morgan fingerprint density at radius 1 is 1.06 bits per heavy atom. The lowest BCUT2D eigenvalue weighted by atomic mass is 9.95. The molecule has 0 spiro atoms. The zero-order valence-electron chi connectivity index (χ0n) is 19.6. The molecule has 2 aromatic rings. The van der Waals surface area contributed by atoms with Gasteiger partial charge in [0.15, 0.2) is 0 Å². The zero-order valence-corrected chi connectivity index (χ0v) is 19.6. The van der Waals surface area contributed by atoms with Crippen molar-refractivity contribution < 1.29 is 29.4 Å². The zero-order chi connectivity index (χ0) is 24.1. The summed E-state index contributed by atoms with van der Waals surface area (Å²) < 4.78 is 5.63. The molecule has 1 amide bonds. The van der Waals surface area contributed by atoms with Crippen LogP contribution in [0.4, 0.5) is 0 Å². The highest BCUT2D eigenvalue weighted by molar-refractivity contribution is 6.46. The molecule has 33 heavy (non-hydrogen) atoms. The molecule has 1 saturated heterocycles. The summed E-state index contributed by atoms with van der Waals surface area (Å²) in [5.74, 6) is -1.21. The summed E-state index contributed by atoms with van der Waals surface area (Å²) in [6.07, 6.45) is -0.00432. The molecule has 0 bridgehead atoms. The summed E-state index contributed by atoms with van der Waals surface area (Å²) in [5.41, 5.74) is 0.879. The number of nitrogens with one attached hydrogen (secondary N) is 1. The van der Waals surface area contributed by atoms with E-state index in [-0.39, 0.29) is 17.4 Å². The normalized spacial score (nSPS) is 17.9. The van der Waals surface area contributed by atoms with Gasteiger partial charge in [0.2, 0.25) is 5.78 Å². The molecule has 2 aromatic carbocycles. The standard InChI is InChI=1S/C26H32N2O5/c1-5-27(6-2)15-16-28-23(18-7-11-20(29)12-8-18)22(25(31)26(28)32)24(30)19-9-13-21(14-10-19)33-17(3)4/h7-14,17,23,29-30H,5-6,15-16H2,1-4H3. The number of quaternary nitrogens is 1. The predicted octanol–water partition coefficient (Wildman–Crippen LogP) is 1.33. The van der Waals surface area contributed by atoms with Gasteiger partial charge in [0, 0.05) is 5.57 Å². The van der Waals surface area contributed by atoms with Crippen molar-refractivity contribution in [2.75, 3.05) is 26.2 Å². The van der Waals surface area contributed by atoms with E-state index in [9.17, 15) is 19.8 Å². The van der Waals surface area contributed by atoms with Crippen molar-refractivity contribution in [1.82, 2.24) is 4.90 Å². The molecule has 0 aliphatic carbocycles. The van der Waals surface area contributed by atoms with Gasteiger partial charge in [-0.25, -0.2) is 0 Å². The van der Waals surface area contributed by atoms with E-state index in [1.807, 2.05) is 13.8 Å². The van der Waals surface area contributed by atoms with Gasteiger partial charge in [-0.2, -0.15) is 0 Å². The lowest BCUT2D eigenvalue weighted by molar-refractivity contribution is -0.895. The molecule has 7 heteroatoms. The van der Waals surface area contributed by atoms with Gasteiger partial charge in [-0.05, 0) is 63.1 Å². The van der Waals surface area contributed by atoms with E-state index in [2.05, 4.69) is 13.8 Å². The van der Waals surface area contributed by atoms with Crippen molar-refractivity contribution in [2.45, 2.75) is 39.8 Å². The average molecular weight is 453 g/mol. The van der Waals surface area contributed by atoms with E-state index in [0.29, 0.717) is 30.0 Å². The van der Waals surface area contributed by atoms with Gasteiger partial charge in [-0.3, -0.25) is 9.59 Å². The quantitative estimate of drug-likeness (QED) is 0.340. The molecular weight excluding hydrogens is 420 g/mol. The summed E-state index contributed by atoms with van der Waals surface area (Å²) in [6.45, 7) is 10.8. The number of likely N-dealkylation sites (N-methyl/N-ethyl adjacent to an activating group) is 1. The topological polar surface area (TPSA) is 94.3 Å². The van der Waals surface area contributed by atoms with Gasteiger partial charge in [0.1, 0.15) is 11.5 Å². The number of carbonyl (C=O) groups is 2. The van der Waals surface area contributed by atoms with Crippen molar-refractivity contribution >= 4 is 17.4 Å². The second kappa shape index (κ2) is 10.5. The van der Waals surface area contributed by atoms with Crippen LogP contribution in [0.15, 0.2) is 54.1 Å². The third-order valence-electron chi connectivity index (χ3n) is 5.93. The molecule has 1 aliphatic rings.